The molecule has 5 nitrogen and oxygen atoms in total. The lowest BCUT2D eigenvalue weighted by atomic mass is 10.1. The number of hydrogen-bond acceptors (Lipinski definition) is 4. The van der Waals surface area contributed by atoms with Crippen molar-refractivity contribution in [2.75, 3.05) is 0 Å². The van der Waals surface area contributed by atoms with E-state index in [4.69, 9.17) is 4.74 Å². The lowest BCUT2D eigenvalue weighted by molar-refractivity contribution is -0.384. The molecular weight excluding hydrogens is 258 g/mol. The van der Waals surface area contributed by atoms with Gasteiger partial charge < -0.3 is 9.84 Å². The molecular formula is C15H15NO4. The van der Waals surface area contributed by atoms with Crippen molar-refractivity contribution in [1.82, 2.24) is 0 Å². The van der Waals surface area contributed by atoms with Gasteiger partial charge in [-0.25, -0.2) is 0 Å². The summed E-state index contributed by atoms with van der Waals surface area (Å²) in [6, 6.07) is 15.0. The molecule has 2 rings (SSSR count). The normalized spacial score (nSPS) is 13.5. The standard InChI is InChI=1S/C15H15NO4/c1-11(15(17)12-5-3-2-4-6-12)20-14-9-7-13(8-10-14)16(18)19/h2-11,15,17H,1H3. The zero-order chi connectivity index (χ0) is 14.5. The minimum atomic E-state index is -0.758. The molecule has 0 amide bonds. The van der Waals surface area contributed by atoms with Gasteiger partial charge in [-0.3, -0.25) is 10.1 Å². The molecule has 0 saturated heterocycles. The lowest BCUT2D eigenvalue weighted by Crippen LogP contribution is -2.21. The number of nitrogens with zero attached hydrogens (tertiary/aromatic N) is 1. The van der Waals surface area contributed by atoms with Crippen LogP contribution in [0.3, 0.4) is 0 Å². The van der Waals surface area contributed by atoms with Gasteiger partial charge in [0.05, 0.1) is 4.92 Å². The number of non-ortho nitro benzene ring substituents is 1. The molecule has 2 aromatic carbocycles. The second-order valence-corrected chi connectivity index (χ2v) is 4.43. The Labute approximate surface area is 116 Å². The zero-order valence-electron chi connectivity index (χ0n) is 11.0. The maximum Gasteiger partial charge on any atom is 0.269 e. The summed E-state index contributed by atoms with van der Waals surface area (Å²) in [5.41, 5.74) is 0.774. The van der Waals surface area contributed by atoms with Gasteiger partial charge in [-0.1, -0.05) is 30.3 Å². The molecule has 0 spiro atoms. The fraction of sp³-hybridized carbons (Fsp3) is 0.200. The summed E-state index contributed by atoms with van der Waals surface area (Å²) in [6.07, 6.45) is -1.22. The van der Waals surface area contributed by atoms with E-state index in [1.165, 1.54) is 24.3 Å². The molecule has 20 heavy (non-hydrogen) atoms. The Balaban J connectivity index is 2.04. The number of nitro benzene ring substituents is 1. The monoisotopic (exact) mass is 273 g/mol. The van der Waals surface area contributed by atoms with Crippen molar-refractivity contribution in [3.05, 3.63) is 70.3 Å². The topological polar surface area (TPSA) is 72.6 Å². The third-order valence-electron chi connectivity index (χ3n) is 2.96. The summed E-state index contributed by atoms with van der Waals surface area (Å²) in [6.45, 7) is 1.75. The maximum absolute atomic E-state index is 10.6. The highest BCUT2D eigenvalue weighted by Crippen LogP contribution is 2.23. The molecule has 0 radical (unpaired) electrons. The van der Waals surface area contributed by atoms with Crippen LogP contribution in [0.4, 0.5) is 5.69 Å². The molecule has 0 saturated carbocycles. The number of aliphatic hydroxyl groups is 1. The molecule has 0 bridgehead atoms. The Morgan fingerprint density at radius 2 is 1.70 bits per heavy atom. The van der Waals surface area contributed by atoms with Crippen molar-refractivity contribution < 1.29 is 14.8 Å². The van der Waals surface area contributed by atoms with Crippen molar-refractivity contribution in [3.63, 3.8) is 0 Å². The summed E-state index contributed by atoms with van der Waals surface area (Å²) in [5.74, 6) is 0.484. The van der Waals surface area contributed by atoms with Crippen LogP contribution in [0, 0.1) is 10.1 Å². The molecule has 2 unspecified atom stereocenters. The first-order chi connectivity index (χ1) is 9.58. The first kappa shape index (κ1) is 14.0. The number of hydrogen-bond donors (Lipinski definition) is 1. The average Bonchev–Trinajstić information content (AvgIpc) is 2.48. The molecule has 1 N–H and O–H groups in total. The average molecular weight is 273 g/mol. The molecule has 0 aliphatic carbocycles. The molecule has 2 atom stereocenters. The number of nitro groups is 1. The first-order valence-electron chi connectivity index (χ1n) is 6.22. The van der Waals surface area contributed by atoms with Gasteiger partial charge in [-0.15, -0.1) is 0 Å². The molecule has 2 aromatic rings. The molecule has 0 aliphatic heterocycles. The van der Waals surface area contributed by atoms with Gasteiger partial charge in [-0.05, 0) is 24.6 Å². The molecule has 0 fully saturated rings. The van der Waals surface area contributed by atoms with Crippen LogP contribution in [0.25, 0.3) is 0 Å². The molecule has 0 aromatic heterocycles. The Morgan fingerprint density at radius 1 is 1.10 bits per heavy atom. The zero-order valence-corrected chi connectivity index (χ0v) is 11.0. The predicted octanol–water partition coefficient (Wildman–Crippen LogP) is 3.10. The van der Waals surface area contributed by atoms with Gasteiger partial charge in [0.1, 0.15) is 18.0 Å². The molecule has 0 aliphatic rings. The van der Waals surface area contributed by atoms with Crippen molar-refractivity contribution in [1.29, 1.82) is 0 Å². The van der Waals surface area contributed by atoms with Gasteiger partial charge in [-0.2, -0.15) is 0 Å². The van der Waals surface area contributed by atoms with E-state index in [9.17, 15) is 15.2 Å². The number of aliphatic hydroxyl groups excluding tert-OH is 1. The predicted molar refractivity (Wildman–Crippen MR) is 74.6 cm³/mol. The number of rotatable bonds is 5. The van der Waals surface area contributed by atoms with Crippen LogP contribution >= 0.6 is 0 Å². The third kappa shape index (κ3) is 3.33. The van der Waals surface area contributed by atoms with Crippen LogP contribution in [0.5, 0.6) is 5.75 Å². The van der Waals surface area contributed by atoms with E-state index in [1.54, 1.807) is 6.92 Å². The fourth-order valence-electron chi connectivity index (χ4n) is 1.85. The largest absolute Gasteiger partial charge is 0.488 e. The van der Waals surface area contributed by atoms with Crippen LogP contribution in [0.2, 0.25) is 0 Å². The SMILES string of the molecule is CC(Oc1ccc([N+](=O)[O-])cc1)C(O)c1ccccc1. The van der Waals surface area contributed by atoms with E-state index < -0.39 is 17.1 Å². The number of benzene rings is 2. The van der Waals surface area contributed by atoms with Crippen LogP contribution in [-0.2, 0) is 0 Å². The summed E-state index contributed by atoms with van der Waals surface area (Å²) in [5, 5.41) is 20.7. The van der Waals surface area contributed by atoms with Gasteiger partial charge in [0.25, 0.3) is 5.69 Å². The Morgan fingerprint density at radius 3 is 2.25 bits per heavy atom. The van der Waals surface area contributed by atoms with E-state index in [0.717, 1.165) is 5.56 Å². The van der Waals surface area contributed by atoms with E-state index >= 15 is 0 Å². The Kier molecular flexibility index (Phi) is 4.32. The first-order valence-corrected chi connectivity index (χ1v) is 6.22. The number of ether oxygens (including phenoxy) is 1. The maximum atomic E-state index is 10.6. The van der Waals surface area contributed by atoms with Crippen LogP contribution in [-0.4, -0.2) is 16.1 Å². The van der Waals surface area contributed by atoms with E-state index in [1.807, 2.05) is 30.3 Å². The molecule has 0 heterocycles. The van der Waals surface area contributed by atoms with Crippen LogP contribution < -0.4 is 4.74 Å². The minimum Gasteiger partial charge on any atom is -0.488 e. The summed E-state index contributed by atoms with van der Waals surface area (Å²) in [7, 11) is 0. The summed E-state index contributed by atoms with van der Waals surface area (Å²) in [4.78, 5) is 10.1. The second kappa shape index (κ2) is 6.16. The van der Waals surface area contributed by atoms with Gasteiger partial charge in [0.2, 0.25) is 0 Å². The van der Waals surface area contributed by atoms with E-state index in [-0.39, 0.29) is 5.69 Å². The Bertz CT molecular complexity index is 568. The van der Waals surface area contributed by atoms with Crippen LogP contribution in [0.1, 0.15) is 18.6 Å². The van der Waals surface area contributed by atoms with Crippen LogP contribution in [0.15, 0.2) is 54.6 Å². The van der Waals surface area contributed by atoms with Crippen molar-refractivity contribution in [2.24, 2.45) is 0 Å². The van der Waals surface area contributed by atoms with Gasteiger partial charge in [0.15, 0.2) is 0 Å². The summed E-state index contributed by atoms with van der Waals surface area (Å²) < 4.78 is 5.59. The molecule has 104 valence electrons. The fourth-order valence-corrected chi connectivity index (χ4v) is 1.85. The van der Waals surface area contributed by atoms with Crippen molar-refractivity contribution in [3.8, 4) is 5.75 Å². The lowest BCUT2D eigenvalue weighted by Gasteiger charge is -2.20. The highest BCUT2D eigenvalue weighted by molar-refractivity contribution is 5.36. The van der Waals surface area contributed by atoms with Gasteiger partial charge >= 0.3 is 0 Å². The summed E-state index contributed by atoms with van der Waals surface area (Å²) >= 11 is 0. The van der Waals surface area contributed by atoms with E-state index in [0.29, 0.717) is 5.75 Å². The highest BCUT2D eigenvalue weighted by Gasteiger charge is 2.18. The quantitative estimate of drug-likeness (QED) is 0.671. The van der Waals surface area contributed by atoms with Gasteiger partial charge in [0, 0.05) is 12.1 Å². The second-order valence-electron chi connectivity index (χ2n) is 4.43. The highest BCUT2D eigenvalue weighted by atomic mass is 16.6. The smallest absolute Gasteiger partial charge is 0.269 e. The van der Waals surface area contributed by atoms with E-state index in [2.05, 4.69) is 0 Å². The third-order valence-corrected chi connectivity index (χ3v) is 2.96. The Hall–Kier alpha value is -2.40. The minimum absolute atomic E-state index is 0.00797. The molecule has 5 heteroatoms. The van der Waals surface area contributed by atoms with Crippen molar-refractivity contribution in [2.45, 2.75) is 19.1 Å². The van der Waals surface area contributed by atoms with Crippen molar-refractivity contribution >= 4 is 5.69 Å².